The van der Waals surface area contributed by atoms with Crippen molar-refractivity contribution >= 4 is 11.5 Å². The van der Waals surface area contributed by atoms with Crippen LogP contribution in [0.3, 0.4) is 0 Å². The van der Waals surface area contributed by atoms with E-state index in [9.17, 15) is 8.78 Å². The average molecular weight is 320 g/mol. The maximum Gasteiger partial charge on any atom is 0.248 e. The number of nitrogens with zero attached hydrogens (tertiary/aromatic N) is 3. The van der Waals surface area contributed by atoms with Gasteiger partial charge in [-0.05, 0) is 30.9 Å². The zero-order chi connectivity index (χ0) is 16.4. The molecule has 0 unspecified atom stereocenters. The normalized spacial score (nSPS) is 18.0. The van der Waals surface area contributed by atoms with Gasteiger partial charge >= 0.3 is 0 Å². The van der Waals surface area contributed by atoms with Crippen LogP contribution in [0.5, 0.6) is 11.6 Å². The van der Waals surface area contributed by atoms with Gasteiger partial charge in [0.15, 0.2) is 17.4 Å². The van der Waals surface area contributed by atoms with Gasteiger partial charge in [-0.2, -0.15) is 4.98 Å². The Morgan fingerprint density at radius 1 is 1.30 bits per heavy atom. The lowest BCUT2D eigenvalue weighted by molar-refractivity contribution is 0.422. The fourth-order valence-electron chi connectivity index (χ4n) is 2.75. The molecule has 1 aromatic heterocycles. The van der Waals surface area contributed by atoms with Crippen molar-refractivity contribution < 1.29 is 13.5 Å². The highest BCUT2D eigenvalue weighted by molar-refractivity contribution is 5.68. The number of benzene rings is 1. The van der Waals surface area contributed by atoms with Crippen LogP contribution in [0, 0.1) is 17.6 Å². The molecule has 3 rings (SSSR count). The summed E-state index contributed by atoms with van der Waals surface area (Å²) in [6.07, 6.45) is 3.57. The topological polar surface area (TPSA) is 64.3 Å². The molecule has 23 heavy (non-hydrogen) atoms. The van der Waals surface area contributed by atoms with Crippen LogP contribution in [-0.2, 0) is 0 Å². The van der Waals surface area contributed by atoms with Gasteiger partial charge in [-0.15, -0.1) is 0 Å². The Bertz CT molecular complexity index is 710. The van der Waals surface area contributed by atoms with Crippen molar-refractivity contribution in [2.45, 2.75) is 19.8 Å². The molecular weight excluding hydrogens is 302 g/mol. The van der Waals surface area contributed by atoms with Crippen molar-refractivity contribution in [1.29, 1.82) is 0 Å². The molecule has 1 fully saturated rings. The SMILES string of the molecule is C[C@H]1CCCN(c2ncnc(Oc3ccc(F)cc3F)c2N)C1. The Kier molecular flexibility index (Phi) is 4.27. The van der Waals surface area contributed by atoms with Crippen LogP contribution in [0.25, 0.3) is 0 Å². The number of ether oxygens (including phenoxy) is 1. The maximum atomic E-state index is 13.7. The molecule has 0 bridgehead atoms. The number of aromatic nitrogens is 2. The first-order valence-electron chi connectivity index (χ1n) is 7.53. The number of hydrogen-bond donors (Lipinski definition) is 1. The molecule has 2 N–H and O–H groups in total. The van der Waals surface area contributed by atoms with E-state index in [0.717, 1.165) is 31.6 Å². The highest BCUT2D eigenvalue weighted by Crippen LogP contribution is 2.34. The van der Waals surface area contributed by atoms with Gasteiger partial charge < -0.3 is 15.4 Å². The summed E-state index contributed by atoms with van der Waals surface area (Å²) < 4.78 is 32.1. The van der Waals surface area contributed by atoms with E-state index >= 15 is 0 Å². The summed E-state index contributed by atoms with van der Waals surface area (Å²) in [5.41, 5.74) is 6.35. The van der Waals surface area contributed by atoms with Crippen LogP contribution in [0.1, 0.15) is 19.8 Å². The van der Waals surface area contributed by atoms with Crippen molar-refractivity contribution in [3.05, 3.63) is 36.2 Å². The summed E-state index contributed by atoms with van der Waals surface area (Å²) in [6, 6.07) is 3.07. The summed E-state index contributed by atoms with van der Waals surface area (Å²) in [6.45, 7) is 3.89. The van der Waals surface area contributed by atoms with Gasteiger partial charge in [0.05, 0.1) is 0 Å². The average Bonchev–Trinajstić information content (AvgIpc) is 2.52. The van der Waals surface area contributed by atoms with Crippen molar-refractivity contribution in [3.8, 4) is 11.6 Å². The molecule has 1 aliphatic rings. The number of nitrogen functional groups attached to an aromatic ring is 1. The van der Waals surface area contributed by atoms with E-state index in [1.54, 1.807) is 0 Å². The Balaban J connectivity index is 1.87. The maximum absolute atomic E-state index is 13.7. The molecule has 122 valence electrons. The van der Waals surface area contributed by atoms with Crippen LogP contribution in [0.4, 0.5) is 20.3 Å². The quantitative estimate of drug-likeness (QED) is 0.939. The smallest absolute Gasteiger partial charge is 0.248 e. The van der Waals surface area contributed by atoms with Gasteiger partial charge in [0.1, 0.15) is 17.8 Å². The first-order chi connectivity index (χ1) is 11.0. The Morgan fingerprint density at radius 3 is 2.87 bits per heavy atom. The number of halogens is 2. The summed E-state index contributed by atoms with van der Waals surface area (Å²) in [4.78, 5) is 10.3. The first kappa shape index (κ1) is 15.5. The van der Waals surface area contributed by atoms with Crippen molar-refractivity contribution in [1.82, 2.24) is 9.97 Å². The van der Waals surface area contributed by atoms with E-state index in [4.69, 9.17) is 10.5 Å². The molecule has 1 aromatic carbocycles. The number of piperidine rings is 1. The minimum Gasteiger partial charge on any atom is -0.434 e. The lowest BCUT2D eigenvalue weighted by Gasteiger charge is -2.32. The summed E-state index contributed by atoms with van der Waals surface area (Å²) >= 11 is 0. The van der Waals surface area contributed by atoms with Crippen molar-refractivity contribution in [2.75, 3.05) is 23.7 Å². The molecule has 0 amide bonds. The highest BCUT2D eigenvalue weighted by Gasteiger charge is 2.22. The van der Waals surface area contributed by atoms with E-state index in [1.807, 2.05) is 0 Å². The molecule has 1 atom stereocenters. The summed E-state index contributed by atoms with van der Waals surface area (Å²) in [5.74, 6) is -0.403. The Morgan fingerprint density at radius 2 is 2.13 bits per heavy atom. The van der Waals surface area contributed by atoms with Gasteiger partial charge in [-0.1, -0.05) is 6.92 Å². The number of anilines is 2. The molecule has 5 nitrogen and oxygen atoms in total. The molecular formula is C16H18F2N4O. The first-order valence-corrected chi connectivity index (χ1v) is 7.53. The second-order valence-electron chi connectivity index (χ2n) is 5.79. The number of hydrogen-bond acceptors (Lipinski definition) is 5. The lowest BCUT2D eigenvalue weighted by atomic mass is 10.0. The minimum absolute atomic E-state index is 0.0683. The molecule has 1 aliphatic heterocycles. The minimum atomic E-state index is -0.809. The summed E-state index contributed by atoms with van der Waals surface area (Å²) in [5, 5.41) is 0. The second-order valence-corrected chi connectivity index (χ2v) is 5.79. The highest BCUT2D eigenvalue weighted by atomic mass is 19.1. The van der Waals surface area contributed by atoms with E-state index in [0.29, 0.717) is 11.7 Å². The fraction of sp³-hybridized carbons (Fsp3) is 0.375. The van der Waals surface area contributed by atoms with E-state index < -0.39 is 11.6 Å². The number of rotatable bonds is 3. The number of nitrogens with two attached hydrogens (primary N) is 1. The molecule has 0 aliphatic carbocycles. The molecule has 2 heterocycles. The third kappa shape index (κ3) is 3.33. The molecule has 7 heteroatoms. The zero-order valence-electron chi connectivity index (χ0n) is 12.8. The van der Waals surface area contributed by atoms with Crippen LogP contribution in [-0.4, -0.2) is 23.1 Å². The third-order valence-electron chi connectivity index (χ3n) is 3.88. The van der Waals surface area contributed by atoms with Gasteiger partial charge in [0.2, 0.25) is 5.88 Å². The molecule has 0 saturated carbocycles. The lowest BCUT2D eigenvalue weighted by Crippen LogP contribution is -2.35. The van der Waals surface area contributed by atoms with Crippen LogP contribution in [0.2, 0.25) is 0 Å². The molecule has 2 aromatic rings. The summed E-state index contributed by atoms with van der Waals surface area (Å²) in [7, 11) is 0. The monoisotopic (exact) mass is 320 g/mol. The second kappa shape index (κ2) is 6.36. The van der Waals surface area contributed by atoms with Gasteiger partial charge in [-0.25, -0.2) is 13.8 Å². The fourth-order valence-corrected chi connectivity index (χ4v) is 2.75. The molecule has 0 radical (unpaired) electrons. The third-order valence-corrected chi connectivity index (χ3v) is 3.88. The van der Waals surface area contributed by atoms with Gasteiger partial charge in [-0.3, -0.25) is 0 Å². The zero-order valence-corrected chi connectivity index (χ0v) is 12.8. The van der Waals surface area contributed by atoms with Crippen LogP contribution < -0.4 is 15.4 Å². The van der Waals surface area contributed by atoms with E-state index in [2.05, 4.69) is 21.8 Å². The van der Waals surface area contributed by atoms with Crippen molar-refractivity contribution in [2.24, 2.45) is 5.92 Å². The largest absolute Gasteiger partial charge is 0.434 e. The van der Waals surface area contributed by atoms with Crippen LogP contribution >= 0.6 is 0 Å². The van der Waals surface area contributed by atoms with Crippen LogP contribution in [0.15, 0.2) is 24.5 Å². The Hall–Kier alpha value is -2.44. The van der Waals surface area contributed by atoms with E-state index in [1.165, 1.54) is 18.8 Å². The van der Waals surface area contributed by atoms with Gasteiger partial charge in [0, 0.05) is 19.2 Å². The van der Waals surface area contributed by atoms with Gasteiger partial charge in [0.25, 0.3) is 0 Å². The molecule has 0 spiro atoms. The predicted octanol–water partition coefficient (Wildman–Crippen LogP) is 3.37. The van der Waals surface area contributed by atoms with E-state index in [-0.39, 0.29) is 17.3 Å². The van der Waals surface area contributed by atoms with Crippen molar-refractivity contribution in [3.63, 3.8) is 0 Å². The standard InChI is InChI=1S/C16H18F2N4O/c1-10-3-2-6-22(8-10)15-14(19)16(21-9-20-15)23-13-5-4-11(17)7-12(13)18/h4-5,7,9-10H,2-3,6,8,19H2,1H3/t10-/m0/s1. The predicted molar refractivity (Wildman–Crippen MR) is 83.5 cm³/mol. The molecule has 1 saturated heterocycles. The Labute approximate surface area is 133 Å².